The highest BCUT2D eigenvalue weighted by atomic mass is 19.4. The Bertz CT molecular complexity index is 615. The molecule has 3 amide bonds. The van der Waals surface area contributed by atoms with Crippen LogP contribution in [0, 0.1) is 5.92 Å². The number of halogens is 3. The molecule has 0 saturated heterocycles. The monoisotopic (exact) mass is 345 g/mol. The molecule has 0 saturated carbocycles. The molecule has 0 radical (unpaired) electrons. The van der Waals surface area contributed by atoms with Gasteiger partial charge in [0.05, 0.1) is 5.56 Å². The van der Waals surface area contributed by atoms with Gasteiger partial charge >= 0.3 is 6.18 Å². The molecule has 1 aromatic rings. The van der Waals surface area contributed by atoms with Crippen LogP contribution in [0.15, 0.2) is 24.3 Å². The van der Waals surface area contributed by atoms with E-state index in [1.165, 1.54) is 26.0 Å². The second-order valence-electron chi connectivity index (χ2n) is 5.27. The lowest BCUT2D eigenvalue weighted by Crippen LogP contribution is -2.47. The van der Waals surface area contributed by atoms with Crippen LogP contribution in [0.4, 0.5) is 13.2 Å². The molecular weight excluding hydrogens is 327 g/mol. The maximum absolute atomic E-state index is 12.4. The minimum absolute atomic E-state index is 0.0278. The summed E-state index contributed by atoms with van der Waals surface area (Å²) >= 11 is 0. The third kappa shape index (κ3) is 5.56. The molecule has 0 fully saturated rings. The van der Waals surface area contributed by atoms with Gasteiger partial charge in [0.1, 0.15) is 12.0 Å². The Balaban J connectivity index is 2.56. The van der Waals surface area contributed by atoms with E-state index < -0.39 is 41.4 Å². The summed E-state index contributed by atoms with van der Waals surface area (Å²) in [5, 5.41) is 4.73. The normalized spacial score (nSPS) is 13.7. The van der Waals surface area contributed by atoms with Gasteiger partial charge in [0, 0.05) is 6.54 Å². The number of alkyl halides is 3. The molecule has 1 rings (SSSR count). The maximum Gasteiger partial charge on any atom is 0.416 e. The molecule has 4 N–H and O–H groups in total. The van der Waals surface area contributed by atoms with Crippen molar-refractivity contribution in [2.24, 2.45) is 11.7 Å². The van der Waals surface area contributed by atoms with Crippen LogP contribution in [0.25, 0.3) is 0 Å². The maximum atomic E-state index is 12.4. The number of nitrogens with one attached hydrogen (secondary N) is 2. The van der Waals surface area contributed by atoms with E-state index in [1.54, 1.807) is 0 Å². The summed E-state index contributed by atoms with van der Waals surface area (Å²) in [6, 6.07) is 3.38. The van der Waals surface area contributed by atoms with Crippen molar-refractivity contribution in [3.63, 3.8) is 0 Å². The zero-order chi connectivity index (χ0) is 18.5. The third-order valence-corrected chi connectivity index (χ3v) is 3.32. The Morgan fingerprint density at radius 3 is 2.08 bits per heavy atom. The average molecular weight is 345 g/mol. The number of primary amides is 1. The Kier molecular flexibility index (Phi) is 6.33. The van der Waals surface area contributed by atoms with Crippen molar-refractivity contribution in [2.75, 3.05) is 0 Å². The first-order valence-corrected chi connectivity index (χ1v) is 7.06. The molecule has 1 aromatic carbocycles. The van der Waals surface area contributed by atoms with Crippen molar-refractivity contribution in [2.45, 2.75) is 32.6 Å². The van der Waals surface area contributed by atoms with Crippen LogP contribution in [-0.4, -0.2) is 23.8 Å². The minimum atomic E-state index is -4.43. The third-order valence-electron chi connectivity index (χ3n) is 3.32. The molecule has 0 heterocycles. The first-order valence-electron chi connectivity index (χ1n) is 7.06. The van der Waals surface area contributed by atoms with Crippen LogP contribution in [0.2, 0.25) is 0 Å². The van der Waals surface area contributed by atoms with Gasteiger partial charge in [-0.1, -0.05) is 12.1 Å². The number of amides is 3. The van der Waals surface area contributed by atoms with Gasteiger partial charge in [-0.05, 0) is 31.5 Å². The molecule has 0 aromatic heterocycles. The molecule has 2 atom stereocenters. The van der Waals surface area contributed by atoms with Crippen molar-refractivity contribution in [3.8, 4) is 0 Å². The van der Waals surface area contributed by atoms with E-state index in [0.29, 0.717) is 5.56 Å². The molecule has 0 spiro atoms. The highest BCUT2D eigenvalue weighted by molar-refractivity contribution is 6.01. The highest BCUT2D eigenvalue weighted by Gasteiger charge is 2.30. The number of hydrogen-bond acceptors (Lipinski definition) is 3. The lowest BCUT2D eigenvalue weighted by molar-refractivity contribution is -0.138. The Morgan fingerprint density at radius 1 is 1.08 bits per heavy atom. The summed E-state index contributed by atoms with van der Waals surface area (Å²) in [4.78, 5) is 34.5. The van der Waals surface area contributed by atoms with Crippen molar-refractivity contribution >= 4 is 17.7 Å². The smallest absolute Gasteiger partial charge is 0.368 e. The first-order chi connectivity index (χ1) is 11.0. The second kappa shape index (κ2) is 7.80. The van der Waals surface area contributed by atoms with E-state index in [0.717, 1.165) is 12.1 Å². The lowest BCUT2D eigenvalue weighted by Gasteiger charge is -2.15. The van der Waals surface area contributed by atoms with E-state index in [1.807, 2.05) is 0 Å². The van der Waals surface area contributed by atoms with Gasteiger partial charge in [-0.15, -0.1) is 0 Å². The lowest BCUT2D eigenvalue weighted by atomic mass is 10.1. The first kappa shape index (κ1) is 19.5. The van der Waals surface area contributed by atoms with Crippen molar-refractivity contribution in [1.82, 2.24) is 10.6 Å². The SMILES string of the molecule is CC(NC(=O)C(C)C(=O)NCc1ccc(C(F)(F)F)cc1)C(N)=O. The van der Waals surface area contributed by atoms with Gasteiger partial charge in [-0.2, -0.15) is 13.2 Å². The van der Waals surface area contributed by atoms with Crippen molar-refractivity contribution in [3.05, 3.63) is 35.4 Å². The largest absolute Gasteiger partial charge is 0.416 e. The van der Waals surface area contributed by atoms with Crippen molar-refractivity contribution < 1.29 is 27.6 Å². The fraction of sp³-hybridized carbons (Fsp3) is 0.400. The molecule has 0 bridgehead atoms. The molecule has 24 heavy (non-hydrogen) atoms. The van der Waals surface area contributed by atoms with Gasteiger partial charge in [0.15, 0.2) is 0 Å². The van der Waals surface area contributed by atoms with Gasteiger partial charge in [0.2, 0.25) is 17.7 Å². The number of hydrogen-bond donors (Lipinski definition) is 3. The summed E-state index contributed by atoms with van der Waals surface area (Å²) in [5.74, 6) is -3.11. The Morgan fingerprint density at radius 2 is 1.62 bits per heavy atom. The molecule has 132 valence electrons. The summed E-state index contributed by atoms with van der Waals surface area (Å²) in [7, 11) is 0. The molecular formula is C15H18F3N3O3. The number of carbonyl (C=O) groups excluding carboxylic acids is 3. The highest BCUT2D eigenvalue weighted by Crippen LogP contribution is 2.29. The van der Waals surface area contributed by atoms with E-state index in [-0.39, 0.29) is 6.54 Å². The predicted octanol–water partition coefficient (Wildman–Crippen LogP) is 0.948. The molecule has 0 aliphatic heterocycles. The summed E-state index contributed by atoms with van der Waals surface area (Å²) < 4.78 is 37.3. The van der Waals surface area contributed by atoms with E-state index >= 15 is 0 Å². The minimum Gasteiger partial charge on any atom is -0.368 e. The zero-order valence-corrected chi connectivity index (χ0v) is 13.1. The fourth-order valence-electron chi connectivity index (χ4n) is 1.68. The van der Waals surface area contributed by atoms with Gasteiger partial charge in [-0.3, -0.25) is 14.4 Å². The summed E-state index contributed by atoms with van der Waals surface area (Å²) in [6.45, 7) is 2.69. The van der Waals surface area contributed by atoms with E-state index in [4.69, 9.17) is 5.73 Å². The number of nitrogens with two attached hydrogens (primary N) is 1. The fourth-order valence-corrected chi connectivity index (χ4v) is 1.68. The predicted molar refractivity (Wildman–Crippen MR) is 79.3 cm³/mol. The van der Waals surface area contributed by atoms with Crippen LogP contribution in [-0.2, 0) is 27.1 Å². The molecule has 2 unspecified atom stereocenters. The van der Waals surface area contributed by atoms with Gasteiger partial charge < -0.3 is 16.4 Å². The average Bonchev–Trinajstić information content (AvgIpc) is 2.51. The Labute approximate surface area is 136 Å². The summed E-state index contributed by atoms with van der Waals surface area (Å²) in [6.07, 6.45) is -4.43. The second-order valence-corrected chi connectivity index (χ2v) is 5.27. The van der Waals surface area contributed by atoms with E-state index in [9.17, 15) is 27.6 Å². The molecule has 9 heteroatoms. The van der Waals surface area contributed by atoms with Crippen LogP contribution < -0.4 is 16.4 Å². The van der Waals surface area contributed by atoms with Crippen LogP contribution in [0.5, 0.6) is 0 Å². The summed E-state index contributed by atoms with van der Waals surface area (Å²) in [5.41, 5.74) is 4.67. The molecule has 6 nitrogen and oxygen atoms in total. The quantitative estimate of drug-likeness (QED) is 0.669. The van der Waals surface area contributed by atoms with Gasteiger partial charge in [-0.25, -0.2) is 0 Å². The van der Waals surface area contributed by atoms with E-state index in [2.05, 4.69) is 10.6 Å². The molecule has 0 aliphatic rings. The van der Waals surface area contributed by atoms with Crippen molar-refractivity contribution in [1.29, 1.82) is 0 Å². The standard InChI is InChI=1S/C15H18F3N3O3/c1-8(14(24)21-9(2)12(19)22)13(23)20-7-10-3-5-11(6-4-10)15(16,17)18/h3-6,8-9H,7H2,1-2H3,(H2,19,22)(H,20,23)(H,21,24). The number of benzene rings is 1. The van der Waals surface area contributed by atoms with Crippen LogP contribution >= 0.6 is 0 Å². The van der Waals surface area contributed by atoms with Crippen LogP contribution in [0.1, 0.15) is 25.0 Å². The van der Waals surface area contributed by atoms with Gasteiger partial charge in [0.25, 0.3) is 0 Å². The zero-order valence-electron chi connectivity index (χ0n) is 13.1. The number of carbonyl (C=O) groups is 3. The number of rotatable bonds is 6. The Hall–Kier alpha value is -2.58. The molecule has 0 aliphatic carbocycles. The van der Waals surface area contributed by atoms with Crippen LogP contribution in [0.3, 0.4) is 0 Å². The topological polar surface area (TPSA) is 101 Å².